The molecule has 0 fully saturated rings. The zero-order valence-corrected chi connectivity index (χ0v) is 10.2. The zero-order chi connectivity index (χ0) is 12.1. The highest BCUT2D eigenvalue weighted by atomic mass is 19.1. The average molecular weight is 225 g/mol. The van der Waals surface area contributed by atoms with Crippen molar-refractivity contribution in [2.45, 2.75) is 32.9 Å². The van der Waals surface area contributed by atoms with Crippen LogP contribution in [0.3, 0.4) is 0 Å². The van der Waals surface area contributed by atoms with Gasteiger partial charge in [0.25, 0.3) is 0 Å². The van der Waals surface area contributed by atoms with Crippen molar-refractivity contribution in [3.8, 4) is 0 Å². The summed E-state index contributed by atoms with van der Waals surface area (Å²) in [6.07, 6.45) is 0. The Hall–Kier alpha value is -0.930. The first kappa shape index (κ1) is 13.1. The largest absolute Gasteiger partial charge is 0.395 e. The van der Waals surface area contributed by atoms with Crippen LogP contribution in [0.25, 0.3) is 0 Å². The molecule has 90 valence electrons. The van der Waals surface area contributed by atoms with Crippen molar-refractivity contribution >= 4 is 0 Å². The molecule has 0 aliphatic carbocycles. The van der Waals surface area contributed by atoms with Gasteiger partial charge in [-0.25, -0.2) is 4.39 Å². The summed E-state index contributed by atoms with van der Waals surface area (Å²) in [5, 5.41) is 9.02. The molecule has 1 unspecified atom stereocenters. The number of hydrogen-bond acceptors (Lipinski definition) is 2. The molecular formula is C13H20FNO. The number of nitrogens with zero attached hydrogens (tertiary/aromatic N) is 1. The molecule has 0 heterocycles. The van der Waals surface area contributed by atoms with Gasteiger partial charge in [-0.05, 0) is 38.5 Å². The van der Waals surface area contributed by atoms with Crippen LogP contribution in [0.5, 0.6) is 0 Å². The van der Waals surface area contributed by atoms with Gasteiger partial charge in [-0.1, -0.05) is 12.1 Å². The van der Waals surface area contributed by atoms with Crippen LogP contribution in [0.1, 0.15) is 32.4 Å². The van der Waals surface area contributed by atoms with Gasteiger partial charge < -0.3 is 5.11 Å². The number of aliphatic hydroxyl groups is 1. The standard InChI is InChI=1S/C13H20FNO/c1-10(2)15(8-9-16)11(3)12-4-6-13(14)7-5-12/h4-7,10-11,16H,8-9H2,1-3H3. The molecule has 0 aromatic heterocycles. The predicted octanol–water partition coefficient (Wildman–Crippen LogP) is 2.59. The van der Waals surface area contributed by atoms with E-state index in [1.165, 1.54) is 12.1 Å². The minimum Gasteiger partial charge on any atom is -0.395 e. The molecule has 1 aromatic rings. The third kappa shape index (κ3) is 3.29. The van der Waals surface area contributed by atoms with Crippen LogP contribution < -0.4 is 0 Å². The lowest BCUT2D eigenvalue weighted by molar-refractivity contribution is 0.126. The van der Waals surface area contributed by atoms with Gasteiger partial charge >= 0.3 is 0 Å². The molecule has 0 spiro atoms. The van der Waals surface area contributed by atoms with Crippen molar-refractivity contribution < 1.29 is 9.50 Å². The average Bonchev–Trinajstić information content (AvgIpc) is 2.25. The predicted molar refractivity (Wildman–Crippen MR) is 63.7 cm³/mol. The molecule has 0 saturated heterocycles. The third-order valence-corrected chi connectivity index (χ3v) is 2.87. The zero-order valence-electron chi connectivity index (χ0n) is 10.2. The summed E-state index contributed by atoms with van der Waals surface area (Å²) in [5.74, 6) is -0.214. The summed E-state index contributed by atoms with van der Waals surface area (Å²) in [6, 6.07) is 7.09. The second kappa shape index (κ2) is 5.97. The highest BCUT2D eigenvalue weighted by molar-refractivity contribution is 5.19. The van der Waals surface area contributed by atoms with Crippen LogP contribution in [-0.2, 0) is 0 Å². The molecule has 1 rings (SSSR count). The fourth-order valence-corrected chi connectivity index (χ4v) is 1.95. The Morgan fingerprint density at radius 3 is 2.19 bits per heavy atom. The second-order valence-corrected chi connectivity index (χ2v) is 4.28. The van der Waals surface area contributed by atoms with Crippen LogP contribution in [0.4, 0.5) is 4.39 Å². The first-order valence-electron chi connectivity index (χ1n) is 5.68. The lowest BCUT2D eigenvalue weighted by Gasteiger charge is -2.32. The molecule has 3 heteroatoms. The first-order valence-corrected chi connectivity index (χ1v) is 5.68. The lowest BCUT2D eigenvalue weighted by atomic mass is 10.1. The van der Waals surface area contributed by atoms with Gasteiger partial charge in [-0.2, -0.15) is 0 Å². The summed E-state index contributed by atoms with van der Waals surface area (Å²) in [7, 11) is 0. The highest BCUT2D eigenvalue weighted by Gasteiger charge is 2.17. The van der Waals surface area contributed by atoms with Crippen molar-refractivity contribution in [1.29, 1.82) is 0 Å². The van der Waals surface area contributed by atoms with Gasteiger partial charge in [-0.15, -0.1) is 0 Å². The van der Waals surface area contributed by atoms with Crippen molar-refractivity contribution in [1.82, 2.24) is 4.90 Å². The number of benzene rings is 1. The van der Waals surface area contributed by atoms with Crippen LogP contribution in [0, 0.1) is 5.82 Å². The number of halogens is 1. The monoisotopic (exact) mass is 225 g/mol. The normalized spacial score (nSPS) is 13.4. The van der Waals surface area contributed by atoms with Crippen LogP contribution >= 0.6 is 0 Å². The van der Waals surface area contributed by atoms with E-state index in [9.17, 15) is 4.39 Å². The number of rotatable bonds is 5. The van der Waals surface area contributed by atoms with E-state index in [2.05, 4.69) is 25.7 Å². The SMILES string of the molecule is CC(C)N(CCO)C(C)c1ccc(F)cc1. The van der Waals surface area contributed by atoms with E-state index in [-0.39, 0.29) is 18.5 Å². The Morgan fingerprint density at radius 1 is 1.19 bits per heavy atom. The van der Waals surface area contributed by atoms with Crippen molar-refractivity contribution in [2.75, 3.05) is 13.2 Å². The summed E-state index contributed by atoms with van der Waals surface area (Å²) < 4.78 is 12.8. The van der Waals surface area contributed by atoms with E-state index in [0.717, 1.165) is 5.56 Å². The fraction of sp³-hybridized carbons (Fsp3) is 0.538. The Balaban J connectivity index is 2.81. The van der Waals surface area contributed by atoms with Gasteiger partial charge in [0, 0.05) is 18.6 Å². The van der Waals surface area contributed by atoms with Gasteiger partial charge in [0.2, 0.25) is 0 Å². The Labute approximate surface area is 96.7 Å². The van der Waals surface area contributed by atoms with Gasteiger partial charge in [0.1, 0.15) is 5.82 Å². The fourth-order valence-electron chi connectivity index (χ4n) is 1.95. The minimum atomic E-state index is -0.214. The Kier molecular flexibility index (Phi) is 4.90. The van der Waals surface area contributed by atoms with E-state index in [1.54, 1.807) is 12.1 Å². The Morgan fingerprint density at radius 2 is 1.75 bits per heavy atom. The molecule has 16 heavy (non-hydrogen) atoms. The van der Waals surface area contributed by atoms with Crippen molar-refractivity contribution in [3.05, 3.63) is 35.6 Å². The quantitative estimate of drug-likeness (QED) is 0.832. The van der Waals surface area contributed by atoms with E-state index < -0.39 is 0 Å². The molecule has 2 nitrogen and oxygen atoms in total. The summed E-state index contributed by atoms with van der Waals surface area (Å²) in [5.41, 5.74) is 1.07. The maximum atomic E-state index is 12.8. The molecular weight excluding hydrogens is 205 g/mol. The molecule has 0 aliphatic heterocycles. The molecule has 1 N–H and O–H groups in total. The van der Waals surface area contributed by atoms with Crippen LogP contribution in [0.15, 0.2) is 24.3 Å². The molecule has 0 bridgehead atoms. The van der Waals surface area contributed by atoms with E-state index >= 15 is 0 Å². The molecule has 0 amide bonds. The molecule has 0 aliphatic rings. The maximum Gasteiger partial charge on any atom is 0.123 e. The minimum absolute atomic E-state index is 0.143. The second-order valence-electron chi connectivity index (χ2n) is 4.28. The van der Waals surface area contributed by atoms with Gasteiger partial charge in [0.05, 0.1) is 6.61 Å². The van der Waals surface area contributed by atoms with Crippen molar-refractivity contribution in [3.63, 3.8) is 0 Å². The maximum absolute atomic E-state index is 12.8. The molecule has 1 atom stereocenters. The van der Waals surface area contributed by atoms with Crippen LogP contribution in [-0.4, -0.2) is 29.2 Å². The highest BCUT2D eigenvalue weighted by Crippen LogP contribution is 2.22. The third-order valence-electron chi connectivity index (χ3n) is 2.87. The Bertz CT molecular complexity index is 310. The van der Waals surface area contributed by atoms with E-state index in [1.807, 2.05) is 0 Å². The lowest BCUT2D eigenvalue weighted by Crippen LogP contribution is -2.35. The van der Waals surface area contributed by atoms with E-state index in [0.29, 0.717) is 12.6 Å². The topological polar surface area (TPSA) is 23.5 Å². The number of aliphatic hydroxyl groups excluding tert-OH is 1. The summed E-state index contributed by atoms with van der Waals surface area (Å²) >= 11 is 0. The smallest absolute Gasteiger partial charge is 0.123 e. The number of hydrogen-bond donors (Lipinski definition) is 1. The van der Waals surface area contributed by atoms with Crippen LogP contribution in [0.2, 0.25) is 0 Å². The molecule has 0 radical (unpaired) electrons. The molecule has 0 saturated carbocycles. The van der Waals surface area contributed by atoms with E-state index in [4.69, 9.17) is 5.11 Å². The van der Waals surface area contributed by atoms with Crippen molar-refractivity contribution in [2.24, 2.45) is 0 Å². The summed E-state index contributed by atoms with van der Waals surface area (Å²) in [6.45, 7) is 7.04. The van der Waals surface area contributed by atoms with Gasteiger partial charge in [-0.3, -0.25) is 4.90 Å². The summed E-state index contributed by atoms with van der Waals surface area (Å²) in [4.78, 5) is 2.19. The first-order chi connectivity index (χ1) is 7.56. The van der Waals surface area contributed by atoms with Gasteiger partial charge in [0.15, 0.2) is 0 Å². The molecule has 1 aromatic carbocycles.